The lowest BCUT2D eigenvalue weighted by atomic mass is 10.1. The van der Waals surface area contributed by atoms with Crippen LogP contribution in [0, 0.1) is 0 Å². The minimum absolute atomic E-state index is 0.101. The number of carbonyl (C=O) groups excluding carboxylic acids is 2. The molecule has 1 aromatic rings. The Morgan fingerprint density at radius 1 is 1.22 bits per heavy atom. The second-order valence-electron chi connectivity index (χ2n) is 7.56. The summed E-state index contributed by atoms with van der Waals surface area (Å²) >= 11 is 0. The summed E-state index contributed by atoms with van der Waals surface area (Å²) in [6.45, 7) is 6.98. The molecular weight excluding hydrogens is 346 g/mol. The van der Waals surface area contributed by atoms with Crippen molar-refractivity contribution in [3.63, 3.8) is 0 Å². The van der Waals surface area contributed by atoms with Gasteiger partial charge >= 0.3 is 12.1 Å². The first-order chi connectivity index (χ1) is 12.8. The average molecular weight is 375 g/mol. The lowest BCUT2D eigenvalue weighted by molar-refractivity contribution is -0.134. The van der Waals surface area contributed by atoms with Crippen LogP contribution in [0.1, 0.15) is 39.2 Å². The number of methoxy groups -OCH3 is 1. The summed E-state index contributed by atoms with van der Waals surface area (Å²) in [5.41, 5.74) is 1.13. The van der Waals surface area contributed by atoms with Crippen LogP contribution in [0.4, 0.5) is 4.79 Å². The highest BCUT2D eigenvalue weighted by Gasteiger charge is 2.28. The molecule has 0 aliphatic carbocycles. The van der Waals surface area contributed by atoms with Crippen LogP contribution in [-0.2, 0) is 19.0 Å². The molecule has 1 fully saturated rings. The highest BCUT2D eigenvalue weighted by Crippen LogP contribution is 2.20. The molecule has 1 amide bonds. The normalized spacial score (nSPS) is 18.1. The van der Waals surface area contributed by atoms with Gasteiger partial charge in [-0.1, -0.05) is 30.3 Å². The van der Waals surface area contributed by atoms with Crippen LogP contribution in [-0.4, -0.2) is 55.5 Å². The maximum absolute atomic E-state index is 12.3. The fourth-order valence-electron chi connectivity index (χ4n) is 2.84. The third-order valence-corrected chi connectivity index (χ3v) is 4.14. The van der Waals surface area contributed by atoms with E-state index in [0.29, 0.717) is 13.1 Å². The Kier molecular flexibility index (Phi) is 7.42. The van der Waals surface area contributed by atoms with Crippen molar-refractivity contribution in [1.29, 1.82) is 0 Å². The monoisotopic (exact) mass is 375 g/mol. The topological polar surface area (TPSA) is 65.1 Å². The summed E-state index contributed by atoms with van der Waals surface area (Å²) in [5, 5.41) is 0. The number of nitrogens with zero attached hydrogens (tertiary/aromatic N) is 1. The van der Waals surface area contributed by atoms with Crippen molar-refractivity contribution >= 4 is 17.6 Å². The van der Waals surface area contributed by atoms with Crippen molar-refractivity contribution in [2.75, 3.05) is 26.8 Å². The first-order valence-corrected chi connectivity index (χ1v) is 9.22. The zero-order valence-electron chi connectivity index (χ0n) is 16.6. The smallest absolute Gasteiger partial charge is 0.410 e. The Hall–Kier alpha value is -2.34. The molecule has 6 nitrogen and oxygen atoms in total. The first-order valence-electron chi connectivity index (χ1n) is 9.22. The molecule has 0 N–H and O–H groups in total. The minimum atomic E-state index is -0.519. The number of rotatable bonds is 5. The van der Waals surface area contributed by atoms with E-state index in [1.807, 2.05) is 51.1 Å². The summed E-state index contributed by atoms with van der Waals surface area (Å²) in [4.78, 5) is 25.7. The molecule has 0 radical (unpaired) electrons. The fraction of sp³-hybridized carbons (Fsp3) is 0.524. The van der Waals surface area contributed by atoms with Gasteiger partial charge < -0.3 is 19.1 Å². The van der Waals surface area contributed by atoms with E-state index in [2.05, 4.69) is 0 Å². The molecule has 0 saturated carbocycles. The Balaban J connectivity index is 1.99. The molecule has 1 aliphatic rings. The van der Waals surface area contributed by atoms with E-state index >= 15 is 0 Å². The van der Waals surface area contributed by atoms with E-state index in [4.69, 9.17) is 14.2 Å². The SMILES string of the molecule is COC(=O)/C=C(/CO[C@@H]1CCCN(C(=O)OC(C)(C)C)C1)c1ccccc1. The van der Waals surface area contributed by atoms with Gasteiger partial charge in [-0.25, -0.2) is 9.59 Å². The highest BCUT2D eigenvalue weighted by molar-refractivity contribution is 5.91. The van der Waals surface area contributed by atoms with E-state index in [1.165, 1.54) is 13.2 Å². The van der Waals surface area contributed by atoms with Gasteiger partial charge in [-0.15, -0.1) is 0 Å². The lowest BCUT2D eigenvalue weighted by Gasteiger charge is -2.34. The van der Waals surface area contributed by atoms with Gasteiger partial charge in [0.1, 0.15) is 5.60 Å². The van der Waals surface area contributed by atoms with Crippen LogP contribution >= 0.6 is 0 Å². The minimum Gasteiger partial charge on any atom is -0.466 e. The third-order valence-electron chi connectivity index (χ3n) is 4.14. The zero-order chi connectivity index (χ0) is 19.9. The predicted molar refractivity (Wildman–Crippen MR) is 103 cm³/mol. The van der Waals surface area contributed by atoms with Gasteiger partial charge in [-0.05, 0) is 44.7 Å². The van der Waals surface area contributed by atoms with Crippen LogP contribution in [0.25, 0.3) is 5.57 Å². The summed E-state index contributed by atoms with van der Waals surface area (Å²) in [5.74, 6) is -0.420. The van der Waals surface area contributed by atoms with E-state index in [0.717, 1.165) is 24.0 Å². The number of hydrogen-bond donors (Lipinski definition) is 0. The molecule has 2 rings (SSSR count). The van der Waals surface area contributed by atoms with Crippen molar-refractivity contribution in [3.8, 4) is 0 Å². The number of benzene rings is 1. The lowest BCUT2D eigenvalue weighted by Crippen LogP contribution is -2.45. The largest absolute Gasteiger partial charge is 0.466 e. The van der Waals surface area contributed by atoms with Crippen LogP contribution in [0.15, 0.2) is 36.4 Å². The van der Waals surface area contributed by atoms with Gasteiger partial charge in [0.15, 0.2) is 0 Å². The molecule has 0 aromatic heterocycles. The van der Waals surface area contributed by atoms with E-state index in [-0.39, 0.29) is 18.8 Å². The standard InChI is InChI=1S/C21H29NO5/c1-21(2,3)27-20(24)22-12-8-11-18(14-22)26-15-17(13-19(23)25-4)16-9-6-5-7-10-16/h5-7,9-10,13,18H,8,11-12,14-15H2,1-4H3/b17-13-/t18-/m1/s1. The van der Waals surface area contributed by atoms with Gasteiger partial charge in [-0.3, -0.25) is 0 Å². The van der Waals surface area contributed by atoms with Crippen LogP contribution < -0.4 is 0 Å². The quantitative estimate of drug-likeness (QED) is 0.580. The molecule has 1 atom stereocenters. The summed E-state index contributed by atoms with van der Waals surface area (Å²) in [7, 11) is 1.35. The van der Waals surface area contributed by atoms with Crippen molar-refractivity contribution in [1.82, 2.24) is 4.90 Å². The molecule has 27 heavy (non-hydrogen) atoms. The van der Waals surface area contributed by atoms with Gasteiger partial charge in [0, 0.05) is 12.6 Å². The number of hydrogen-bond acceptors (Lipinski definition) is 5. The van der Waals surface area contributed by atoms with Gasteiger partial charge in [-0.2, -0.15) is 0 Å². The van der Waals surface area contributed by atoms with E-state index in [1.54, 1.807) is 4.90 Å². The molecule has 148 valence electrons. The number of esters is 1. The van der Waals surface area contributed by atoms with Crippen LogP contribution in [0.5, 0.6) is 0 Å². The maximum atomic E-state index is 12.3. The van der Waals surface area contributed by atoms with Crippen molar-refractivity contribution in [2.24, 2.45) is 0 Å². The molecule has 1 saturated heterocycles. The second-order valence-corrected chi connectivity index (χ2v) is 7.56. The first kappa shape index (κ1) is 21.0. The van der Waals surface area contributed by atoms with Crippen molar-refractivity contribution in [3.05, 3.63) is 42.0 Å². The molecule has 1 heterocycles. The fourth-order valence-corrected chi connectivity index (χ4v) is 2.84. The summed E-state index contributed by atoms with van der Waals surface area (Å²) in [6.07, 6.45) is 2.74. The van der Waals surface area contributed by atoms with Crippen molar-refractivity contribution < 1.29 is 23.8 Å². The predicted octanol–water partition coefficient (Wildman–Crippen LogP) is 3.66. The highest BCUT2D eigenvalue weighted by atomic mass is 16.6. The molecule has 6 heteroatoms. The maximum Gasteiger partial charge on any atom is 0.410 e. The van der Waals surface area contributed by atoms with Gasteiger partial charge in [0.2, 0.25) is 0 Å². The summed E-state index contributed by atoms with van der Waals surface area (Å²) < 4.78 is 16.2. The van der Waals surface area contributed by atoms with E-state index in [9.17, 15) is 9.59 Å². The van der Waals surface area contributed by atoms with Crippen molar-refractivity contribution in [2.45, 2.75) is 45.3 Å². The zero-order valence-corrected chi connectivity index (χ0v) is 16.6. The number of ether oxygens (including phenoxy) is 3. The molecule has 0 unspecified atom stereocenters. The molecule has 1 aromatic carbocycles. The molecule has 0 bridgehead atoms. The Morgan fingerprint density at radius 3 is 2.56 bits per heavy atom. The second kappa shape index (κ2) is 9.55. The average Bonchev–Trinajstić information content (AvgIpc) is 2.64. The number of carbonyl (C=O) groups is 2. The molecule has 0 spiro atoms. The summed E-state index contributed by atoms with van der Waals surface area (Å²) in [6, 6.07) is 9.58. The van der Waals surface area contributed by atoms with E-state index < -0.39 is 11.6 Å². The number of amides is 1. The third kappa shape index (κ3) is 7.06. The number of likely N-dealkylation sites (tertiary alicyclic amines) is 1. The Labute approximate surface area is 161 Å². The van der Waals surface area contributed by atoms with Gasteiger partial charge in [0.25, 0.3) is 0 Å². The van der Waals surface area contributed by atoms with Crippen LogP contribution in [0.3, 0.4) is 0 Å². The number of piperidine rings is 1. The Morgan fingerprint density at radius 2 is 1.93 bits per heavy atom. The van der Waals surface area contributed by atoms with Crippen LogP contribution in [0.2, 0.25) is 0 Å². The molecular formula is C21H29NO5. The van der Waals surface area contributed by atoms with Gasteiger partial charge in [0.05, 0.1) is 26.4 Å². The Bertz CT molecular complexity index is 663. The molecule has 1 aliphatic heterocycles.